The van der Waals surface area contributed by atoms with Crippen molar-refractivity contribution in [3.8, 4) is 0 Å². The van der Waals surface area contributed by atoms with E-state index in [9.17, 15) is 0 Å². The minimum absolute atomic E-state index is 0.293. The topological polar surface area (TPSA) is 80.0 Å². The van der Waals surface area contributed by atoms with Crippen molar-refractivity contribution in [1.29, 1.82) is 0 Å². The van der Waals surface area contributed by atoms with E-state index in [0.29, 0.717) is 23.1 Å². The summed E-state index contributed by atoms with van der Waals surface area (Å²) >= 11 is 1.86. The molecule has 1 aromatic rings. The lowest BCUT2D eigenvalue weighted by Gasteiger charge is -2.26. The van der Waals surface area contributed by atoms with Crippen molar-refractivity contribution in [3.05, 3.63) is 0 Å². The van der Waals surface area contributed by atoms with Gasteiger partial charge in [0.25, 0.3) is 0 Å². The Morgan fingerprint density at radius 1 is 1.25 bits per heavy atom. The molecule has 0 bridgehead atoms. The van der Waals surface area contributed by atoms with Crippen molar-refractivity contribution in [2.24, 2.45) is 0 Å². The molecule has 0 aromatic carbocycles. The molecular weight excluding hydrogens is 272 g/mol. The second kappa shape index (κ2) is 7.52. The third-order valence-corrected chi connectivity index (χ3v) is 4.56. The number of nitrogen functional groups attached to an aromatic ring is 1. The van der Waals surface area contributed by atoms with Gasteiger partial charge in [0.1, 0.15) is 0 Å². The average molecular weight is 296 g/mol. The van der Waals surface area contributed by atoms with E-state index in [1.807, 2.05) is 11.8 Å². The van der Waals surface area contributed by atoms with Gasteiger partial charge in [-0.05, 0) is 31.9 Å². The Balaban J connectivity index is 1.97. The van der Waals surface area contributed by atoms with E-state index in [4.69, 9.17) is 5.73 Å². The van der Waals surface area contributed by atoms with Crippen LogP contribution in [0.4, 0.5) is 17.8 Å². The number of hydrogen-bond donors (Lipinski definition) is 2. The van der Waals surface area contributed by atoms with Gasteiger partial charge in [-0.3, -0.25) is 0 Å². The smallest absolute Gasteiger partial charge is 0.231 e. The number of piperidine rings is 1. The van der Waals surface area contributed by atoms with Crippen LogP contribution in [-0.4, -0.2) is 46.1 Å². The molecule has 0 aliphatic carbocycles. The van der Waals surface area contributed by atoms with Crippen LogP contribution in [-0.2, 0) is 0 Å². The Bertz CT molecular complexity index is 421. The molecular formula is C13H24N6S. The zero-order chi connectivity index (χ0) is 14.4. The summed E-state index contributed by atoms with van der Waals surface area (Å²) in [6, 6.07) is 0. The molecule has 0 radical (unpaired) electrons. The quantitative estimate of drug-likeness (QED) is 0.831. The second-order valence-corrected chi connectivity index (χ2v) is 6.40. The van der Waals surface area contributed by atoms with E-state index in [1.54, 1.807) is 0 Å². The number of rotatable bonds is 6. The van der Waals surface area contributed by atoms with Crippen molar-refractivity contribution in [3.63, 3.8) is 0 Å². The summed E-state index contributed by atoms with van der Waals surface area (Å²) in [6.45, 7) is 5.08. The summed E-state index contributed by atoms with van der Waals surface area (Å²) < 4.78 is 0. The number of hydrogen-bond acceptors (Lipinski definition) is 7. The first kappa shape index (κ1) is 15.2. The van der Waals surface area contributed by atoms with Crippen LogP contribution < -0.4 is 16.0 Å². The Kier molecular flexibility index (Phi) is 5.70. The molecule has 112 valence electrons. The van der Waals surface area contributed by atoms with Gasteiger partial charge >= 0.3 is 0 Å². The van der Waals surface area contributed by atoms with E-state index in [1.165, 1.54) is 19.3 Å². The largest absolute Gasteiger partial charge is 0.368 e. The van der Waals surface area contributed by atoms with Crippen molar-refractivity contribution < 1.29 is 0 Å². The van der Waals surface area contributed by atoms with E-state index >= 15 is 0 Å². The molecule has 1 aliphatic heterocycles. The van der Waals surface area contributed by atoms with Gasteiger partial charge in [0, 0.05) is 24.9 Å². The minimum atomic E-state index is 0.293. The zero-order valence-corrected chi connectivity index (χ0v) is 13.1. The maximum absolute atomic E-state index is 5.79. The normalized spacial score (nSPS) is 17.0. The van der Waals surface area contributed by atoms with Gasteiger partial charge in [-0.25, -0.2) is 0 Å². The molecule has 0 amide bonds. The van der Waals surface area contributed by atoms with Gasteiger partial charge in [0.05, 0.1) is 0 Å². The predicted molar refractivity (Wildman–Crippen MR) is 86.4 cm³/mol. The number of aromatic nitrogens is 3. The molecule has 0 saturated carbocycles. The molecule has 3 N–H and O–H groups in total. The molecule has 2 rings (SSSR count). The van der Waals surface area contributed by atoms with Crippen LogP contribution in [0.1, 0.15) is 32.6 Å². The molecule has 1 saturated heterocycles. The van der Waals surface area contributed by atoms with Crippen LogP contribution in [0.5, 0.6) is 0 Å². The summed E-state index contributed by atoms with van der Waals surface area (Å²) in [7, 11) is 0. The fourth-order valence-electron chi connectivity index (χ4n) is 2.20. The van der Waals surface area contributed by atoms with Gasteiger partial charge in [-0.2, -0.15) is 26.7 Å². The second-order valence-electron chi connectivity index (χ2n) is 5.13. The molecule has 1 atom stereocenters. The van der Waals surface area contributed by atoms with E-state index in [2.05, 4.69) is 38.3 Å². The first-order valence-corrected chi connectivity index (χ1v) is 8.51. The highest BCUT2D eigenvalue weighted by Gasteiger charge is 2.15. The third kappa shape index (κ3) is 4.40. The number of thioether (sulfide) groups is 1. The SMILES string of the molecule is CSC(C)CCNc1nc(N)nc(N2CCCCC2)n1. The predicted octanol–water partition coefficient (Wildman–Crippen LogP) is 2.00. The number of nitrogens with zero attached hydrogens (tertiary/aromatic N) is 4. The average Bonchev–Trinajstić information content (AvgIpc) is 2.47. The Labute approximate surface area is 125 Å². The fourth-order valence-corrected chi connectivity index (χ4v) is 2.55. The van der Waals surface area contributed by atoms with Crippen LogP contribution in [0, 0.1) is 0 Å². The van der Waals surface area contributed by atoms with Crippen molar-refractivity contribution in [1.82, 2.24) is 15.0 Å². The Morgan fingerprint density at radius 3 is 2.70 bits per heavy atom. The molecule has 0 spiro atoms. The Morgan fingerprint density at radius 2 is 2.00 bits per heavy atom. The standard InChI is InChI=1S/C13H24N6S/c1-10(20-2)6-7-15-12-16-11(14)17-13(18-12)19-8-4-3-5-9-19/h10H,3-9H2,1-2H3,(H3,14,15,16,17,18). The van der Waals surface area contributed by atoms with Crippen LogP contribution in [0.2, 0.25) is 0 Å². The third-order valence-electron chi connectivity index (χ3n) is 3.52. The number of anilines is 3. The zero-order valence-electron chi connectivity index (χ0n) is 12.3. The fraction of sp³-hybridized carbons (Fsp3) is 0.769. The first-order valence-electron chi connectivity index (χ1n) is 7.22. The lowest BCUT2D eigenvalue weighted by Crippen LogP contribution is -2.31. The van der Waals surface area contributed by atoms with Crippen LogP contribution in [0.25, 0.3) is 0 Å². The van der Waals surface area contributed by atoms with Gasteiger partial charge in [-0.1, -0.05) is 6.92 Å². The van der Waals surface area contributed by atoms with E-state index in [-0.39, 0.29) is 0 Å². The highest BCUT2D eigenvalue weighted by atomic mass is 32.2. The Hall–Kier alpha value is -1.24. The lowest BCUT2D eigenvalue weighted by molar-refractivity contribution is 0.568. The van der Waals surface area contributed by atoms with E-state index < -0.39 is 0 Å². The molecule has 1 aliphatic rings. The van der Waals surface area contributed by atoms with Crippen LogP contribution in [0.3, 0.4) is 0 Å². The summed E-state index contributed by atoms with van der Waals surface area (Å²) in [6.07, 6.45) is 6.87. The van der Waals surface area contributed by atoms with Gasteiger partial charge in [-0.15, -0.1) is 0 Å². The monoisotopic (exact) mass is 296 g/mol. The number of nitrogens with one attached hydrogen (secondary N) is 1. The maximum Gasteiger partial charge on any atom is 0.231 e. The molecule has 1 aromatic heterocycles. The van der Waals surface area contributed by atoms with E-state index in [0.717, 1.165) is 26.1 Å². The molecule has 1 unspecified atom stereocenters. The van der Waals surface area contributed by atoms with Crippen molar-refractivity contribution in [2.75, 3.05) is 41.8 Å². The lowest BCUT2D eigenvalue weighted by atomic mass is 10.1. The summed E-state index contributed by atoms with van der Waals surface area (Å²) in [5.74, 6) is 1.59. The summed E-state index contributed by atoms with van der Waals surface area (Å²) in [5, 5.41) is 3.88. The molecule has 2 heterocycles. The maximum atomic E-state index is 5.79. The number of nitrogens with two attached hydrogens (primary N) is 1. The van der Waals surface area contributed by atoms with Gasteiger partial charge in [0.2, 0.25) is 17.8 Å². The van der Waals surface area contributed by atoms with Gasteiger partial charge in [0.15, 0.2) is 0 Å². The van der Waals surface area contributed by atoms with Crippen LogP contribution in [0.15, 0.2) is 0 Å². The minimum Gasteiger partial charge on any atom is -0.368 e. The molecule has 1 fully saturated rings. The highest BCUT2D eigenvalue weighted by Crippen LogP contribution is 2.17. The molecule has 20 heavy (non-hydrogen) atoms. The van der Waals surface area contributed by atoms with Crippen molar-refractivity contribution in [2.45, 2.75) is 37.9 Å². The first-order chi connectivity index (χ1) is 9.69. The highest BCUT2D eigenvalue weighted by molar-refractivity contribution is 7.99. The molecule has 7 heteroatoms. The molecule has 6 nitrogen and oxygen atoms in total. The summed E-state index contributed by atoms with van der Waals surface area (Å²) in [5.41, 5.74) is 5.79. The van der Waals surface area contributed by atoms with Gasteiger partial charge < -0.3 is 16.0 Å². The van der Waals surface area contributed by atoms with Crippen LogP contribution >= 0.6 is 11.8 Å². The van der Waals surface area contributed by atoms with Crippen molar-refractivity contribution >= 4 is 29.6 Å². The summed E-state index contributed by atoms with van der Waals surface area (Å²) in [4.78, 5) is 15.1.